The first kappa shape index (κ1) is 17.1. The van der Waals surface area contributed by atoms with E-state index < -0.39 is 0 Å². The minimum Gasteiger partial charge on any atom is -0.497 e. The first-order valence-electron chi connectivity index (χ1n) is 9.16. The van der Waals surface area contributed by atoms with Crippen LogP contribution in [0, 0.1) is 0 Å². The van der Waals surface area contributed by atoms with E-state index in [9.17, 15) is 5.11 Å². The molecule has 1 aliphatic heterocycles. The van der Waals surface area contributed by atoms with E-state index in [1.54, 1.807) is 13.2 Å². The summed E-state index contributed by atoms with van der Waals surface area (Å²) in [6.07, 6.45) is 0. The Morgan fingerprint density at radius 1 is 0.966 bits per heavy atom. The summed E-state index contributed by atoms with van der Waals surface area (Å²) < 4.78 is 5.31. The first-order valence-corrected chi connectivity index (χ1v) is 9.16. The van der Waals surface area contributed by atoms with Crippen LogP contribution in [0.3, 0.4) is 0 Å². The number of nitrogens with two attached hydrogens (primary N) is 1. The van der Waals surface area contributed by atoms with Crippen molar-refractivity contribution >= 4 is 22.2 Å². The van der Waals surface area contributed by atoms with E-state index in [4.69, 9.17) is 20.5 Å². The third-order valence-electron chi connectivity index (χ3n) is 4.97. The van der Waals surface area contributed by atoms with Crippen molar-refractivity contribution in [2.45, 2.75) is 0 Å². The van der Waals surface area contributed by atoms with Crippen molar-refractivity contribution in [1.29, 1.82) is 0 Å². The van der Waals surface area contributed by atoms with Crippen LogP contribution in [-0.2, 0) is 0 Å². The number of anilines is 1. The molecule has 6 heteroatoms. The van der Waals surface area contributed by atoms with Crippen molar-refractivity contribution in [3.8, 4) is 11.6 Å². The molecule has 0 spiro atoms. The monoisotopic (exact) mass is 382 g/mol. The van der Waals surface area contributed by atoms with E-state index in [1.165, 1.54) is 0 Å². The van der Waals surface area contributed by atoms with Gasteiger partial charge in [0.1, 0.15) is 5.75 Å². The number of aromatic nitrogens is 1. The number of fused-ring (bicyclic) bond motifs is 2. The molecule has 29 heavy (non-hydrogen) atoms. The SMILES string of the molecule is COc1ccc2c(c1)=N/C(=C(\c1ccccc1)c1c(O)[nH]c3ccc(N)cc13)N=2. The maximum absolute atomic E-state index is 10.8. The summed E-state index contributed by atoms with van der Waals surface area (Å²) in [5.41, 5.74) is 9.68. The highest BCUT2D eigenvalue weighted by Crippen LogP contribution is 2.39. The van der Waals surface area contributed by atoms with Crippen molar-refractivity contribution in [1.82, 2.24) is 4.98 Å². The molecule has 4 aromatic rings. The van der Waals surface area contributed by atoms with Gasteiger partial charge in [-0.1, -0.05) is 30.3 Å². The van der Waals surface area contributed by atoms with E-state index in [1.807, 2.05) is 60.7 Å². The van der Waals surface area contributed by atoms with Crippen molar-refractivity contribution in [2.75, 3.05) is 12.8 Å². The lowest BCUT2D eigenvalue weighted by molar-refractivity contribution is 0.414. The molecular weight excluding hydrogens is 364 g/mol. The minimum absolute atomic E-state index is 0.0517. The number of H-pyrrole nitrogens is 1. The largest absolute Gasteiger partial charge is 0.497 e. The number of nitrogens with one attached hydrogen (secondary N) is 1. The van der Waals surface area contributed by atoms with Crippen molar-refractivity contribution in [3.05, 3.63) is 94.4 Å². The van der Waals surface area contributed by atoms with Crippen molar-refractivity contribution < 1.29 is 9.84 Å². The van der Waals surface area contributed by atoms with Crippen LogP contribution in [0.4, 0.5) is 5.69 Å². The zero-order chi connectivity index (χ0) is 20.0. The number of benzene rings is 3. The van der Waals surface area contributed by atoms with Gasteiger partial charge in [0.05, 0.1) is 23.4 Å². The molecule has 2 heterocycles. The summed E-state index contributed by atoms with van der Waals surface area (Å²) in [6, 6.07) is 20.9. The van der Waals surface area contributed by atoms with E-state index in [-0.39, 0.29) is 5.88 Å². The molecule has 0 amide bonds. The minimum atomic E-state index is 0.0517. The Balaban J connectivity index is 1.86. The standard InChI is InChI=1S/C23H18N4O2/c1-29-15-8-10-18-19(12-15)26-22(25-18)20(13-5-3-2-4-6-13)21-16-11-14(24)7-9-17(16)27-23(21)28/h2-12,27-28H,24H2,1H3/b22-20+. The summed E-state index contributed by atoms with van der Waals surface area (Å²) >= 11 is 0. The fourth-order valence-electron chi connectivity index (χ4n) is 3.62. The first-order chi connectivity index (χ1) is 14.1. The van der Waals surface area contributed by atoms with Gasteiger partial charge in [-0.15, -0.1) is 0 Å². The van der Waals surface area contributed by atoms with Gasteiger partial charge in [0.15, 0.2) is 11.7 Å². The molecule has 0 fully saturated rings. The molecule has 1 aliphatic rings. The molecule has 6 nitrogen and oxygen atoms in total. The van der Waals surface area contributed by atoms with E-state index in [0.29, 0.717) is 22.8 Å². The lowest BCUT2D eigenvalue weighted by Crippen LogP contribution is -2.20. The maximum Gasteiger partial charge on any atom is 0.197 e. The van der Waals surface area contributed by atoms with Gasteiger partial charge >= 0.3 is 0 Å². The third kappa shape index (κ3) is 2.82. The zero-order valence-electron chi connectivity index (χ0n) is 15.7. The molecule has 3 aromatic carbocycles. The summed E-state index contributed by atoms with van der Waals surface area (Å²) in [7, 11) is 1.62. The number of ether oxygens (including phenoxy) is 1. The summed E-state index contributed by atoms with van der Waals surface area (Å²) in [4.78, 5) is 12.5. The van der Waals surface area contributed by atoms with E-state index in [2.05, 4.69) is 4.98 Å². The van der Waals surface area contributed by atoms with Gasteiger partial charge in [0.25, 0.3) is 0 Å². The highest BCUT2D eigenvalue weighted by atomic mass is 16.5. The highest BCUT2D eigenvalue weighted by molar-refractivity contribution is 6.01. The van der Waals surface area contributed by atoms with Crippen LogP contribution in [0.15, 0.2) is 82.5 Å². The number of hydrogen-bond acceptors (Lipinski definition) is 5. The number of hydrogen-bond donors (Lipinski definition) is 3. The number of aromatic hydroxyl groups is 1. The molecule has 0 saturated heterocycles. The van der Waals surface area contributed by atoms with Crippen molar-refractivity contribution in [3.63, 3.8) is 0 Å². The third-order valence-corrected chi connectivity index (χ3v) is 4.97. The summed E-state index contributed by atoms with van der Waals surface area (Å²) in [6.45, 7) is 0. The second-order valence-corrected chi connectivity index (χ2v) is 6.80. The molecule has 142 valence electrons. The van der Waals surface area contributed by atoms with Crippen LogP contribution in [0.1, 0.15) is 11.1 Å². The predicted molar refractivity (Wildman–Crippen MR) is 112 cm³/mol. The molecule has 0 saturated carbocycles. The zero-order valence-corrected chi connectivity index (χ0v) is 15.7. The Morgan fingerprint density at radius 2 is 1.76 bits per heavy atom. The number of aromatic amines is 1. The topological polar surface area (TPSA) is 96.0 Å². The molecule has 0 atom stereocenters. The van der Waals surface area contributed by atoms with Crippen LogP contribution in [0.2, 0.25) is 0 Å². The normalized spacial score (nSPS) is 14.2. The number of nitrogens with zero attached hydrogens (tertiary/aromatic N) is 2. The molecule has 4 N–H and O–H groups in total. The Morgan fingerprint density at radius 3 is 2.55 bits per heavy atom. The average molecular weight is 382 g/mol. The highest BCUT2D eigenvalue weighted by Gasteiger charge is 2.22. The smallest absolute Gasteiger partial charge is 0.197 e. The summed E-state index contributed by atoms with van der Waals surface area (Å²) in [5.74, 6) is 1.29. The van der Waals surface area contributed by atoms with Crippen LogP contribution in [0.25, 0.3) is 16.5 Å². The maximum atomic E-state index is 10.8. The molecule has 5 rings (SSSR count). The lowest BCUT2D eigenvalue weighted by atomic mass is 9.96. The van der Waals surface area contributed by atoms with Crippen molar-refractivity contribution in [2.24, 2.45) is 9.98 Å². The van der Waals surface area contributed by atoms with Gasteiger partial charge in [0, 0.05) is 28.2 Å². The Kier molecular flexibility index (Phi) is 3.84. The molecule has 0 aliphatic carbocycles. The molecule has 0 bridgehead atoms. The van der Waals surface area contributed by atoms with Gasteiger partial charge in [-0.2, -0.15) is 0 Å². The molecular formula is C23H18N4O2. The van der Waals surface area contributed by atoms with Gasteiger partial charge in [-0.05, 0) is 35.9 Å². The van der Waals surface area contributed by atoms with Crippen LogP contribution >= 0.6 is 0 Å². The fraction of sp³-hybridized carbons (Fsp3) is 0.0435. The summed E-state index contributed by atoms with van der Waals surface area (Å²) in [5, 5.41) is 13.1. The lowest BCUT2D eigenvalue weighted by Gasteiger charge is -2.09. The Bertz CT molecular complexity index is 1400. The van der Waals surface area contributed by atoms with E-state index in [0.717, 1.165) is 32.8 Å². The number of nitrogen functional groups attached to an aromatic ring is 1. The average Bonchev–Trinajstić information content (AvgIpc) is 3.29. The quantitative estimate of drug-likeness (QED) is 0.475. The van der Waals surface area contributed by atoms with E-state index >= 15 is 0 Å². The van der Waals surface area contributed by atoms with Crippen LogP contribution in [0.5, 0.6) is 11.6 Å². The second kappa shape index (κ2) is 6.53. The Hall–Kier alpha value is -4.06. The van der Waals surface area contributed by atoms with Gasteiger partial charge in [-0.25, -0.2) is 9.98 Å². The molecule has 0 radical (unpaired) electrons. The molecule has 0 unspecified atom stereocenters. The van der Waals surface area contributed by atoms with Crippen LogP contribution < -0.4 is 21.2 Å². The van der Waals surface area contributed by atoms with Gasteiger partial charge in [-0.3, -0.25) is 0 Å². The Labute approximate surface area is 166 Å². The van der Waals surface area contributed by atoms with Crippen LogP contribution in [-0.4, -0.2) is 17.2 Å². The molecule has 1 aromatic heterocycles. The number of rotatable bonds is 3. The van der Waals surface area contributed by atoms with Gasteiger partial charge < -0.3 is 20.6 Å². The number of methoxy groups -OCH3 is 1. The van der Waals surface area contributed by atoms with Gasteiger partial charge in [0.2, 0.25) is 0 Å². The second-order valence-electron chi connectivity index (χ2n) is 6.80. The fourth-order valence-corrected chi connectivity index (χ4v) is 3.62. The predicted octanol–water partition coefficient (Wildman–Crippen LogP) is 3.13.